The summed E-state index contributed by atoms with van der Waals surface area (Å²) >= 11 is 0. The molecule has 2 aliphatic carbocycles. The van der Waals surface area contributed by atoms with E-state index in [0.29, 0.717) is 32.1 Å². The first-order valence-corrected chi connectivity index (χ1v) is 13.9. The van der Waals surface area contributed by atoms with Gasteiger partial charge in [0.2, 0.25) is 0 Å². The number of hydrogen-bond donors (Lipinski definition) is 6. The van der Waals surface area contributed by atoms with Crippen molar-refractivity contribution < 1.29 is 59.1 Å². The number of hydrogen-bond acceptors (Lipinski definition) is 11. The topological polar surface area (TPSA) is 180 Å². The average Bonchev–Trinajstić information content (AvgIpc) is 2.89. The van der Waals surface area contributed by atoms with Crippen LogP contribution in [0.3, 0.4) is 0 Å². The number of aliphatic hydroxyl groups is 8. The van der Waals surface area contributed by atoms with Crippen LogP contribution in [0.5, 0.6) is 0 Å². The summed E-state index contributed by atoms with van der Waals surface area (Å²) in [5, 5.41) is 62.5. The Kier molecular flexibility index (Phi) is 9.00. The molecule has 0 spiro atoms. The minimum atomic E-state index is -1.55. The molecule has 220 valence electrons. The quantitative estimate of drug-likeness (QED) is 0.198. The molecule has 12 nitrogen and oxygen atoms in total. The predicted molar refractivity (Wildman–Crippen MR) is 130 cm³/mol. The Hall–Kier alpha value is -0.480. The van der Waals surface area contributed by atoms with Crippen LogP contribution in [0.4, 0.5) is 0 Å². The van der Waals surface area contributed by atoms with Gasteiger partial charge in [-0.15, -0.1) is 0 Å². The number of ether oxygens (including phenoxy) is 6. The number of aliphatic hydroxyl groups excluding tert-OH is 6. The third-order valence-electron chi connectivity index (χ3n) is 9.58. The highest BCUT2D eigenvalue weighted by molar-refractivity contribution is 5.05. The Balaban J connectivity index is 1.47. The van der Waals surface area contributed by atoms with Gasteiger partial charge >= 0.3 is 0 Å². The van der Waals surface area contributed by atoms with Crippen molar-refractivity contribution in [1.82, 2.24) is 0 Å². The summed E-state index contributed by atoms with van der Waals surface area (Å²) < 4.78 is 35.0. The molecule has 0 bridgehead atoms. The van der Waals surface area contributed by atoms with Crippen molar-refractivity contribution in [3.8, 4) is 0 Å². The minimum absolute atomic E-state index is 0.00589. The van der Waals surface area contributed by atoms with Crippen LogP contribution in [0, 0.1) is 17.8 Å². The molecule has 5 fully saturated rings. The van der Waals surface area contributed by atoms with E-state index in [1.54, 1.807) is 14.2 Å². The van der Waals surface area contributed by atoms with Crippen molar-refractivity contribution in [3.05, 3.63) is 0 Å². The lowest BCUT2D eigenvalue weighted by molar-refractivity contribution is -0.380. The van der Waals surface area contributed by atoms with E-state index in [4.69, 9.17) is 28.4 Å². The summed E-state index contributed by atoms with van der Waals surface area (Å²) in [6.45, 7) is 1.45. The Morgan fingerprint density at radius 2 is 1.50 bits per heavy atom. The largest absolute Gasteiger partial charge is 0.427 e. The summed E-state index contributed by atoms with van der Waals surface area (Å²) in [5.41, 5.74) is 0. The fraction of sp³-hybridized carbons (Fsp3) is 1.00. The molecule has 0 amide bonds. The van der Waals surface area contributed by atoms with Gasteiger partial charge in [-0.1, -0.05) is 0 Å². The van der Waals surface area contributed by atoms with Gasteiger partial charge in [0.1, 0.15) is 36.6 Å². The zero-order valence-corrected chi connectivity index (χ0v) is 22.2. The fourth-order valence-electron chi connectivity index (χ4n) is 7.75. The van der Waals surface area contributed by atoms with Crippen LogP contribution >= 0.6 is 0 Å². The lowest BCUT2D eigenvalue weighted by Crippen LogP contribution is -2.68. The molecule has 2 saturated carbocycles. The van der Waals surface area contributed by atoms with Crippen LogP contribution in [0.2, 0.25) is 0 Å². The van der Waals surface area contributed by atoms with Crippen molar-refractivity contribution in [2.45, 2.75) is 125 Å². The monoisotopic (exact) mass is 549 g/mol. The van der Waals surface area contributed by atoms with Crippen LogP contribution in [0.1, 0.15) is 39.0 Å². The number of rotatable bonds is 6. The molecule has 7 N–H and O–H groups in total. The van der Waals surface area contributed by atoms with Crippen molar-refractivity contribution in [2.75, 3.05) is 20.8 Å². The van der Waals surface area contributed by atoms with Gasteiger partial charge in [-0.25, -0.2) is 0 Å². The van der Waals surface area contributed by atoms with Gasteiger partial charge in [-0.3, -0.25) is 0 Å². The van der Waals surface area contributed by atoms with Crippen LogP contribution in [-0.4, -0.2) is 142 Å². The lowest BCUT2D eigenvalue weighted by atomic mass is 9.64. The van der Waals surface area contributed by atoms with Gasteiger partial charge < -0.3 is 59.1 Å². The summed E-state index contributed by atoms with van der Waals surface area (Å²) in [6.07, 6.45) is -7.77. The van der Waals surface area contributed by atoms with Crippen LogP contribution in [-0.2, 0) is 23.7 Å². The third-order valence-corrected chi connectivity index (χ3v) is 9.58. The molecule has 15 atom stereocenters. The van der Waals surface area contributed by atoms with E-state index in [2.05, 4.69) is 0 Å². The summed E-state index contributed by atoms with van der Waals surface area (Å²) in [6, 6.07) is 0. The van der Waals surface area contributed by atoms with Gasteiger partial charge in [0, 0.05) is 38.9 Å². The third kappa shape index (κ3) is 5.28. The summed E-state index contributed by atoms with van der Waals surface area (Å²) in [4.78, 5) is 0. The first-order valence-electron chi connectivity index (χ1n) is 13.9. The normalized spacial score (nSPS) is 55.3. The van der Waals surface area contributed by atoms with Crippen molar-refractivity contribution in [3.63, 3.8) is 0 Å². The molecule has 3 heterocycles. The van der Waals surface area contributed by atoms with E-state index in [-0.39, 0.29) is 36.1 Å². The fourth-order valence-corrected chi connectivity index (χ4v) is 7.75. The van der Waals surface area contributed by atoms with E-state index < -0.39 is 73.9 Å². The van der Waals surface area contributed by atoms with E-state index in [9.17, 15) is 30.6 Å². The molecule has 5 rings (SSSR count). The van der Waals surface area contributed by atoms with Gasteiger partial charge in [-0.05, 0) is 26.2 Å². The molecule has 5 aliphatic rings. The van der Waals surface area contributed by atoms with Gasteiger partial charge in [0.15, 0.2) is 18.5 Å². The van der Waals surface area contributed by atoms with E-state index >= 15 is 0 Å². The van der Waals surface area contributed by atoms with Gasteiger partial charge in [-0.2, -0.15) is 0 Å². The van der Waals surface area contributed by atoms with Gasteiger partial charge in [0.05, 0.1) is 43.0 Å². The predicted octanol–water partition coefficient (Wildman–Crippen LogP) is -2.18. The van der Waals surface area contributed by atoms with Crippen LogP contribution in [0.25, 0.3) is 0 Å². The number of methoxy groups -OCH3 is 2. The maximum absolute atomic E-state index is 10.8. The summed E-state index contributed by atoms with van der Waals surface area (Å²) in [5.74, 6) is -0.129. The van der Waals surface area contributed by atoms with Crippen molar-refractivity contribution in [1.29, 1.82) is 0 Å². The maximum atomic E-state index is 10.8. The molecule has 12 heteroatoms. The Labute approximate surface area is 222 Å². The molecule has 0 radical (unpaired) electrons. The standard InChI is InChI=1S/C26H44O12/c1-10-4-13-19-14(35-10)7-12(28)8-15(19)36-24(11-5-16(33-2)20(29)17(6-11)34-3)25(13)38-26-23(32)22(31)21(30)18(9-27)37-26/h10-32H,4-9H2,1-3H3/p+1/t10?,11?,12?,13?,14?,15?,16?,17?,18-,19?,20?,21-,22+,23-,24?,25?,26+/m1/s1. The molecule has 3 saturated heterocycles. The second-order valence-electron chi connectivity index (χ2n) is 11.9. The van der Waals surface area contributed by atoms with Crippen molar-refractivity contribution in [2.24, 2.45) is 17.8 Å². The highest BCUT2D eigenvalue weighted by Crippen LogP contribution is 2.50. The molecule has 38 heavy (non-hydrogen) atoms. The molecule has 0 aromatic rings. The average molecular weight is 550 g/mol. The highest BCUT2D eigenvalue weighted by Gasteiger charge is 2.61. The second kappa shape index (κ2) is 11.8. The Morgan fingerprint density at radius 3 is 2.13 bits per heavy atom. The molecule has 10 unspecified atom stereocenters. The van der Waals surface area contributed by atoms with E-state index in [0.717, 1.165) is 0 Å². The maximum Gasteiger partial charge on any atom is 0.187 e. The first kappa shape index (κ1) is 29.0. The lowest BCUT2D eigenvalue weighted by Gasteiger charge is -2.55. The van der Waals surface area contributed by atoms with Gasteiger partial charge in [0.25, 0.3) is 0 Å². The SMILES string of the molecule is COC1CC(C2[OH+]C3CC(O)CC4OC(C)CC(C2O[C@@H]2O[C@H](CO)[C@@H](O)[C@H](O)[C@H]2O)C43)CC(OC)C1O. The molecular weight excluding hydrogens is 504 g/mol. The zero-order chi connectivity index (χ0) is 27.3. The van der Waals surface area contributed by atoms with E-state index in [1.807, 2.05) is 6.92 Å². The molecule has 0 aromatic heterocycles. The second-order valence-corrected chi connectivity index (χ2v) is 11.9. The van der Waals surface area contributed by atoms with Crippen molar-refractivity contribution >= 4 is 0 Å². The van der Waals surface area contributed by atoms with Crippen LogP contribution < -0.4 is 0 Å². The zero-order valence-electron chi connectivity index (χ0n) is 22.2. The Morgan fingerprint density at radius 1 is 0.816 bits per heavy atom. The highest BCUT2D eigenvalue weighted by atomic mass is 16.7. The molecule has 3 aliphatic heterocycles. The smallest absolute Gasteiger partial charge is 0.187 e. The first-order chi connectivity index (χ1) is 18.2. The summed E-state index contributed by atoms with van der Waals surface area (Å²) in [7, 11) is 3.11. The van der Waals surface area contributed by atoms with Crippen LogP contribution in [0.15, 0.2) is 0 Å². The molecule has 0 aromatic carbocycles. The minimum Gasteiger partial charge on any atom is -0.427 e. The molecular formula is C26H45O12+. The van der Waals surface area contributed by atoms with E-state index in [1.165, 1.54) is 0 Å². The Bertz CT molecular complexity index is 769.